The third-order valence-corrected chi connectivity index (χ3v) is 4.84. The third-order valence-electron chi connectivity index (χ3n) is 4.84. The maximum Gasteiger partial charge on any atom is 0.260 e. The van der Waals surface area contributed by atoms with E-state index in [1.165, 1.54) is 0 Å². The van der Waals surface area contributed by atoms with E-state index in [-0.39, 0.29) is 18.4 Å². The lowest BCUT2D eigenvalue weighted by atomic mass is 9.97. The molecule has 0 saturated carbocycles. The lowest BCUT2D eigenvalue weighted by molar-refractivity contribution is -0.132. The molecule has 0 aliphatic carbocycles. The molecule has 1 unspecified atom stereocenters. The van der Waals surface area contributed by atoms with Crippen molar-refractivity contribution >= 4 is 5.91 Å². The summed E-state index contributed by atoms with van der Waals surface area (Å²) in [5.74, 6) is 2.97. The summed E-state index contributed by atoms with van der Waals surface area (Å²) < 4.78 is 21.7. The molecule has 0 spiro atoms. The third kappa shape index (κ3) is 4.27. The molecule has 1 fully saturated rings. The van der Waals surface area contributed by atoms with Crippen LogP contribution in [0.15, 0.2) is 42.5 Å². The molecule has 1 atom stereocenters. The fourth-order valence-electron chi connectivity index (χ4n) is 3.37. The Morgan fingerprint density at radius 2 is 1.74 bits per heavy atom. The summed E-state index contributed by atoms with van der Waals surface area (Å²) in [5.41, 5.74) is 1.07. The van der Waals surface area contributed by atoms with Gasteiger partial charge in [0.15, 0.2) is 18.1 Å². The van der Waals surface area contributed by atoms with E-state index in [0.29, 0.717) is 24.6 Å². The van der Waals surface area contributed by atoms with Crippen LogP contribution in [0, 0.1) is 0 Å². The molecule has 6 heteroatoms. The second-order valence-electron chi connectivity index (χ2n) is 6.37. The molecule has 1 amide bonds. The average Bonchev–Trinajstić information content (AvgIpc) is 3.21. The largest absolute Gasteiger partial charge is 0.497 e. The Morgan fingerprint density at radius 1 is 1.00 bits per heavy atom. The van der Waals surface area contributed by atoms with E-state index in [4.69, 9.17) is 18.9 Å². The number of methoxy groups -OCH3 is 3. The van der Waals surface area contributed by atoms with Gasteiger partial charge in [0.2, 0.25) is 0 Å². The summed E-state index contributed by atoms with van der Waals surface area (Å²) in [4.78, 5) is 14.4. The quantitative estimate of drug-likeness (QED) is 0.749. The number of hydrogen-bond acceptors (Lipinski definition) is 5. The summed E-state index contributed by atoms with van der Waals surface area (Å²) in [7, 11) is 4.88. The van der Waals surface area contributed by atoms with Gasteiger partial charge in [-0.2, -0.15) is 0 Å². The van der Waals surface area contributed by atoms with Crippen molar-refractivity contribution < 1.29 is 23.7 Å². The topological polar surface area (TPSA) is 57.2 Å². The van der Waals surface area contributed by atoms with Crippen molar-refractivity contribution in [3.63, 3.8) is 0 Å². The van der Waals surface area contributed by atoms with Gasteiger partial charge in [0.05, 0.1) is 21.3 Å². The minimum atomic E-state index is -0.0368. The Kier molecular flexibility index (Phi) is 6.06. The van der Waals surface area contributed by atoms with Crippen molar-refractivity contribution in [1.82, 2.24) is 4.90 Å². The van der Waals surface area contributed by atoms with Gasteiger partial charge in [-0.3, -0.25) is 4.79 Å². The summed E-state index contributed by atoms with van der Waals surface area (Å²) in [5, 5.41) is 0. The minimum Gasteiger partial charge on any atom is -0.497 e. The smallest absolute Gasteiger partial charge is 0.260 e. The number of benzene rings is 2. The van der Waals surface area contributed by atoms with Crippen LogP contribution in [0.5, 0.6) is 23.0 Å². The van der Waals surface area contributed by atoms with Gasteiger partial charge in [0.25, 0.3) is 5.91 Å². The molecule has 1 heterocycles. The minimum absolute atomic E-state index is 0.0116. The van der Waals surface area contributed by atoms with Crippen molar-refractivity contribution in [3.05, 3.63) is 48.0 Å². The lowest BCUT2D eigenvalue weighted by Crippen LogP contribution is -2.32. The molecule has 0 aromatic heterocycles. The molecule has 6 nitrogen and oxygen atoms in total. The van der Waals surface area contributed by atoms with Crippen LogP contribution in [0.3, 0.4) is 0 Å². The Hall–Kier alpha value is -2.89. The van der Waals surface area contributed by atoms with Crippen LogP contribution in [-0.2, 0) is 4.79 Å². The van der Waals surface area contributed by atoms with Crippen LogP contribution >= 0.6 is 0 Å². The molecule has 1 saturated heterocycles. The zero-order valence-corrected chi connectivity index (χ0v) is 15.9. The van der Waals surface area contributed by atoms with E-state index in [2.05, 4.69) is 0 Å². The van der Waals surface area contributed by atoms with Crippen molar-refractivity contribution in [2.45, 2.75) is 12.3 Å². The van der Waals surface area contributed by atoms with Crippen LogP contribution in [0.25, 0.3) is 0 Å². The number of amides is 1. The van der Waals surface area contributed by atoms with Crippen LogP contribution in [0.4, 0.5) is 0 Å². The number of likely N-dealkylation sites (tertiary alicyclic amines) is 1. The second kappa shape index (κ2) is 8.66. The highest BCUT2D eigenvalue weighted by atomic mass is 16.5. The van der Waals surface area contributed by atoms with Gasteiger partial charge in [0, 0.05) is 24.6 Å². The monoisotopic (exact) mass is 371 g/mol. The van der Waals surface area contributed by atoms with Gasteiger partial charge < -0.3 is 23.8 Å². The highest BCUT2D eigenvalue weighted by molar-refractivity contribution is 5.78. The van der Waals surface area contributed by atoms with Gasteiger partial charge in [0.1, 0.15) is 11.5 Å². The Balaban J connectivity index is 1.63. The van der Waals surface area contributed by atoms with E-state index in [1.54, 1.807) is 33.5 Å². The van der Waals surface area contributed by atoms with Crippen LogP contribution in [0.1, 0.15) is 17.9 Å². The van der Waals surface area contributed by atoms with Crippen LogP contribution in [-0.4, -0.2) is 51.8 Å². The normalized spacial score (nSPS) is 16.1. The molecule has 0 bridgehead atoms. The van der Waals surface area contributed by atoms with E-state index >= 15 is 0 Å². The molecular weight excluding hydrogens is 346 g/mol. The number of ether oxygens (including phenoxy) is 4. The predicted octanol–water partition coefficient (Wildman–Crippen LogP) is 3.11. The number of nitrogens with zero attached hydrogens (tertiary/aromatic N) is 1. The first-order chi connectivity index (χ1) is 13.2. The molecule has 1 aliphatic heterocycles. The SMILES string of the molecule is COc1ccc(OC)c(C2CCN(C(=O)COc3ccccc3OC)C2)c1. The number of para-hydroxylation sites is 2. The molecule has 1 aliphatic rings. The molecule has 2 aromatic carbocycles. The van der Waals surface area contributed by atoms with Crippen LogP contribution < -0.4 is 18.9 Å². The maximum atomic E-state index is 12.6. The maximum absolute atomic E-state index is 12.6. The second-order valence-corrected chi connectivity index (χ2v) is 6.37. The van der Waals surface area contributed by atoms with E-state index in [0.717, 1.165) is 23.5 Å². The van der Waals surface area contributed by atoms with E-state index in [1.807, 2.05) is 35.2 Å². The molecule has 0 N–H and O–H groups in total. The van der Waals surface area contributed by atoms with Crippen molar-refractivity contribution in [2.24, 2.45) is 0 Å². The summed E-state index contributed by atoms with van der Waals surface area (Å²) in [6.07, 6.45) is 0.879. The first kappa shape index (κ1) is 18.9. The van der Waals surface area contributed by atoms with Gasteiger partial charge in [-0.15, -0.1) is 0 Å². The van der Waals surface area contributed by atoms with Crippen LogP contribution in [0.2, 0.25) is 0 Å². The first-order valence-corrected chi connectivity index (χ1v) is 8.91. The highest BCUT2D eigenvalue weighted by Gasteiger charge is 2.29. The predicted molar refractivity (Wildman–Crippen MR) is 102 cm³/mol. The Labute approximate surface area is 159 Å². The molecule has 2 aromatic rings. The van der Waals surface area contributed by atoms with Gasteiger partial charge in [-0.1, -0.05) is 12.1 Å². The highest BCUT2D eigenvalue weighted by Crippen LogP contribution is 2.36. The zero-order valence-electron chi connectivity index (χ0n) is 15.9. The van der Waals surface area contributed by atoms with Gasteiger partial charge >= 0.3 is 0 Å². The Bertz CT molecular complexity index is 792. The molecule has 27 heavy (non-hydrogen) atoms. The van der Waals surface area contributed by atoms with Gasteiger partial charge in [-0.25, -0.2) is 0 Å². The Morgan fingerprint density at radius 3 is 2.44 bits per heavy atom. The van der Waals surface area contributed by atoms with Crippen molar-refractivity contribution in [1.29, 1.82) is 0 Å². The standard InChI is InChI=1S/C21H25NO5/c1-24-16-8-9-18(25-2)17(12-16)15-10-11-22(13-15)21(23)14-27-20-7-5-4-6-19(20)26-3/h4-9,12,15H,10-11,13-14H2,1-3H3. The fourth-order valence-corrected chi connectivity index (χ4v) is 3.37. The fraction of sp³-hybridized carbons (Fsp3) is 0.381. The average molecular weight is 371 g/mol. The van der Waals surface area contributed by atoms with Gasteiger partial charge in [-0.05, 0) is 36.8 Å². The number of rotatable bonds is 7. The summed E-state index contributed by atoms with van der Waals surface area (Å²) in [6.45, 7) is 1.32. The molecule has 3 rings (SSSR count). The first-order valence-electron chi connectivity index (χ1n) is 8.91. The summed E-state index contributed by atoms with van der Waals surface area (Å²) >= 11 is 0. The zero-order chi connectivity index (χ0) is 19.2. The lowest BCUT2D eigenvalue weighted by Gasteiger charge is -2.19. The number of carbonyl (C=O) groups is 1. The van der Waals surface area contributed by atoms with Crippen molar-refractivity contribution in [2.75, 3.05) is 41.0 Å². The van der Waals surface area contributed by atoms with Crippen molar-refractivity contribution in [3.8, 4) is 23.0 Å². The molecule has 144 valence electrons. The molecule has 0 radical (unpaired) electrons. The number of hydrogen-bond donors (Lipinski definition) is 0. The van der Waals surface area contributed by atoms with E-state index < -0.39 is 0 Å². The summed E-state index contributed by atoms with van der Waals surface area (Å²) in [6, 6.07) is 13.1. The van der Waals surface area contributed by atoms with E-state index in [9.17, 15) is 4.79 Å². The molecular formula is C21H25NO5. The number of carbonyl (C=O) groups excluding carboxylic acids is 1.